The molecule has 31 heavy (non-hydrogen) atoms. The Morgan fingerprint density at radius 2 is 1.39 bits per heavy atom. The summed E-state index contributed by atoms with van der Waals surface area (Å²) in [6, 6.07) is 20.1. The summed E-state index contributed by atoms with van der Waals surface area (Å²) < 4.78 is 0. The molecule has 0 unspecified atom stereocenters. The van der Waals surface area contributed by atoms with Crippen LogP contribution in [0.5, 0.6) is 0 Å². The van der Waals surface area contributed by atoms with Gasteiger partial charge in [0.25, 0.3) is 5.91 Å². The minimum atomic E-state index is -1.19. The quantitative estimate of drug-likeness (QED) is 0.665. The van der Waals surface area contributed by atoms with Crippen molar-refractivity contribution < 1.29 is 19.5 Å². The van der Waals surface area contributed by atoms with Gasteiger partial charge in [0, 0.05) is 28.9 Å². The Kier molecular flexibility index (Phi) is 5.98. The van der Waals surface area contributed by atoms with Crippen molar-refractivity contribution in [3.8, 4) is 0 Å². The van der Waals surface area contributed by atoms with Crippen LogP contribution in [-0.2, 0) is 9.59 Å². The van der Waals surface area contributed by atoms with Crippen LogP contribution in [0.25, 0.3) is 10.8 Å². The van der Waals surface area contributed by atoms with Gasteiger partial charge in [-0.15, -0.1) is 0 Å². The zero-order valence-corrected chi connectivity index (χ0v) is 17.0. The largest absolute Gasteiger partial charge is 0.550 e. The summed E-state index contributed by atoms with van der Waals surface area (Å²) in [5.74, 6) is -3.40. The summed E-state index contributed by atoms with van der Waals surface area (Å²) in [5.41, 5.74) is 1.34. The number of para-hydroxylation sites is 1. The van der Waals surface area contributed by atoms with E-state index in [1.165, 1.54) is 0 Å². The van der Waals surface area contributed by atoms with Crippen molar-refractivity contribution in [1.82, 2.24) is 0 Å². The summed E-state index contributed by atoms with van der Waals surface area (Å²) in [6.07, 6.45) is 2.50. The van der Waals surface area contributed by atoms with E-state index in [4.69, 9.17) is 0 Å². The van der Waals surface area contributed by atoms with Crippen molar-refractivity contribution in [2.24, 2.45) is 11.8 Å². The molecule has 3 aromatic rings. The predicted octanol–water partition coefficient (Wildman–Crippen LogP) is 3.59. The Balaban J connectivity index is 1.56. The summed E-state index contributed by atoms with van der Waals surface area (Å²) >= 11 is 0. The molecule has 0 aliphatic heterocycles. The van der Waals surface area contributed by atoms with Gasteiger partial charge in [-0.25, -0.2) is 0 Å². The van der Waals surface area contributed by atoms with Crippen molar-refractivity contribution in [3.63, 3.8) is 0 Å². The number of carboxylic acids is 1. The van der Waals surface area contributed by atoms with Crippen LogP contribution in [0.1, 0.15) is 36.0 Å². The third-order valence-corrected chi connectivity index (χ3v) is 5.87. The van der Waals surface area contributed by atoms with E-state index in [2.05, 4.69) is 10.6 Å². The molecule has 1 saturated carbocycles. The Bertz CT molecular complexity index is 1140. The SMILES string of the molecule is O=C(Nc1cccc2ccccc12)c1ccccc1NC(=O)[C@H]1CCCC[C@@H]1C(=O)[O-]. The first kappa shape index (κ1) is 20.6. The van der Waals surface area contributed by atoms with E-state index >= 15 is 0 Å². The molecule has 1 aliphatic carbocycles. The van der Waals surface area contributed by atoms with E-state index in [9.17, 15) is 19.5 Å². The maximum atomic E-state index is 13.0. The molecule has 2 amide bonds. The van der Waals surface area contributed by atoms with Gasteiger partial charge in [-0.3, -0.25) is 9.59 Å². The fourth-order valence-electron chi connectivity index (χ4n) is 4.27. The second-order valence-corrected chi connectivity index (χ2v) is 7.83. The van der Waals surface area contributed by atoms with Crippen LogP contribution < -0.4 is 15.7 Å². The zero-order chi connectivity index (χ0) is 21.8. The average molecular weight is 415 g/mol. The van der Waals surface area contributed by atoms with Gasteiger partial charge in [0.15, 0.2) is 0 Å². The molecule has 0 aromatic heterocycles. The fraction of sp³-hybridized carbons (Fsp3) is 0.240. The van der Waals surface area contributed by atoms with Gasteiger partial charge >= 0.3 is 0 Å². The van der Waals surface area contributed by atoms with Gasteiger partial charge in [0.1, 0.15) is 0 Å². The van der Waals surface area contributed by atoms with Crippen LogP contribution in [0.3, 0.4) is 0 Å². The highest BCUT2D eigenvalue weighted by Gasteiger charge is 2.32. The number of nitrogens with one attached hydrogen (secondary N) is 2. The molecular weight excluding hydrogens is 392 g/mol. The Morgan fingerprint density at radius 3 is 2.19 bits per heavy atom. The number of amides is 2. The van der Waals surface area contributed by atoms with Gasteiger partial charge in [-0.2, -0.15) is 0 Å². The van der Waals surface area contributed by atoms with E-state index < -0.39 is 17.8 Å². The first-order valence-corrected chi connectivity index (χ1v) is 10.4. The second kappa shape index (κ2) is 9.00. The number of aliphatic carboxylic acids is 1. The fourth-order valence-corrected chi connectivity index (χ4v) is 4.27. The third kappa shape index (κ3) is 4.43. The standard InChI is InChI=1S/C25H24N2O4/c28-23(18-11-3-4-12-19(18)25(30)31)27-22-14-6-5-13-20(22)24(29)26-21-15-7-9-16-8-1-2-10-17(16)21/h1-2,5-10,13-15,18-19H,3-4,11-12H2,(H,26,29)(H,27,28)(H,30,31)/p-1/t18-,19-/m0/s1. The van der Waals surface area contributed by atoms with Crippen molar-refractivity contribution in [2.75, 3.05) is 10.6 Å². The molecule has 3 aromatic carbocycles. The van der Waals surface area contributed by atoms with E-state index in [-0.39, 0.29) is 11.8 Å². The monoisotopic (exact) mass is 415 g/mol. The smallest absolute Gasteiger partial charge is 0.257 e. The average Bonchev–Trinajstić information content (AvgIpc) is 2.79. The molecule has 1 aliphatic rings. The molecule has 0 heterocycles. The predicted molar refractivity (Wildman–Crippen MR) is 117 cm³/mol. The number of hydrogen-bond donors (Lipinski definition) is 2. The molecule has 2 atom stereocenters. The Hall–Kier alpha value is -3.67. The van der Waals surface area contributed by atoms with E-state index in [0.29, 0.717) is 29.8 Å². The number of benzene rings is 3. The van der Waals surface area contributed by atoms with E-state index in [1.54, 1.807) is 24.3 Å². The summed E-state index contributed by atoms with van der Waals surface area (Å²) in [4.78, 5) is 37.4. The van der Waals surface area contributed by atoms with Crippen LogP contribution in [0, 0.1) is 11.8 Å². The van der Waals surface area contributed by atoms with Gasteiger partial charge < -0.3 is 20.5 Å². The molecule has 4 rings (SSSR count). The van der Waals surface area contributed by atoms with Gasteiger partial charge in [0.2, 0.25) is 5.91 Å². The van der Waals surface area contributed by atoms with Gasteiger partial charge in [0.05, 0.1) is 11.3 Å². The molecule has 6 nitrogen and oxygen atoms in total. The molecule has 158 valence electrons. The summed E-state index contributed by atoms with van der Waals surface area (Å²) in [5, 5.41) is 19.1. The van der Waals surface area contributed by atoms with Gasteiger partial charge in [-0.05, 0) is 36.4 Å². The molecule has 0 saturated heterocycles. The van der Waals surface area contributed by atoms with E-state index in [1.807, 2.05) is 42.5 Å². The number of fused-ring (bicyclic) bond motifs is 1. The first-order chi connectivity index (χ1) is 15.0. The highest BCUT2D eigenvalue weighted by atomic mass is 16.4. The lowest BCUT2D eigenvalue weighted by molar-refractivity contribution is -0.313. The van der Waals surface area contributed by atoms with E-state index in [0.717, 1.165) is 23.6 Å². The highest BCUT2D eigenvalue weighted by Crippen LogP contribution is 2.31. The maximum absolute atomic E-state index is 13.0. The van der Waals surface area contributed by atoms with Crippen LogP contribution in [0.15, 0.2) is 66.7 Å². The normalized spacial score (nSPS) is 18.3. The second-order valence-electron chi connectivity index (χ2n) is 7.83. The number of rotatable bonds is 5. The Labute approximate surface area is 180 Å². The zero-order valence-electron chi connectivity index (χ0n) is 17.0. The molecule has 0 bridgehead atoms. The molecule has 0 spiro atoms. The topological polar surface area (TPSA) is 98.3 Å². The van der Waals surface area contributed by atoms with Crippen molar-refractivity contribution >= 4 is 39.9 Å². The van der Waals surface area contributed by atoms with Crippen molar-refractivity contribution in [1.29, 1.82) is 0 Å². The minimum Gasteiger partial charge on any atom is -0.550 e. The molecule has 6 heteroatoms. The summed E-state index contributed by atoms with van der Waals surface area (Å²) in [7, 11) is 0. The highest BCUT2D eigenvalue weighted by molar-refractivity contribution is 6.13. The van der Waals surface area contributed by atoms with Gasteiger partial charge in [-0.1, -0.05) is 61.4 Å². The maximum Gasteiger partial charge on any atom is 0.257 e. The van der Waals surface area contributed by atoms with Crippen molar-refractivity contribution in [3.05, 3.63) is 72.3 Å². The molecule has 1 fully saturated rings. The lowest BCUT2D eigenvalue weighted by Gasteiger charge is -2.31. The number of hydrogen-bond acceptors (Lipinski definition) is 4. The number of carboxylic acid groups (broad SMARTS) is 1. The lowest BCUT2D eigenvalue weighted by atomic mass is 9.78. The van der Waals surface area contributed by atoms with Crippen LogP contribution in [0.4, 0.5) is 11.4 Å². The molecule has 0 radical (unpaired) electrons. The molecule has 2 N–H and O–H groups in total. The van der Waals surface area contributed by atoms with Crippen LogP contribution in [0.2, 0.25) is 0 Å². The minimum absolute atomic E-state index is 0.310. The summed E-state index contributed by atoms with van der Waals surface area (Å²) in [6.45, 7) is 0. The van der Waals surface area contributed by atoms with Crippen LogP contribution in [-0.4, -0.2) is 17.8 Å². The van der Waals surface area contributed by atoms with Crippen LogP contribution >= 0.6 is 0 Å². The number of carbonyl (C=O) groups is 3. The van der Waals surface area contributed by atoms with Crippen molar-refractivity contribution in [2.45, 2.75) is 25.7 Å². The first-order valence-electron chi connectivity index (χ1n) is 10.4. The molecular formula is C25H23N2O4-. The number of anilines is 2. The number of carbonyl (C=O) groups excluding carboxylic acids is 3. The third-order valence-electron chi connectivity index (χ3n) is 5.87. The lowest BCUT2D eigenvalue weighted by Crippen LogP contribution is -2.42. The Morgan fingerprint density at radius 1 is 0.742 bits per heavy atom.